The second kappa shape index (κ2) is 9.06. The minimum atomic E-state index is -0.0466. The van der Waals surface area contributed by atoms with E-state index in [1.807, 2.05) is 47.4 Å². The third kappa shape index (κ3) is 5.10. The lowest BCUT2D eigenvalue weighted by molar-refractivity contribution is 0.156. The van der Waals surface area contributed by atoms with E-state index in [-0.39, 0.29) is 6.03 Å². The Kier molecular flexibility index (Phi) is 6.28. The van der Waals surface area contributed by atoms with Crippen LogP contribution in [0.3, 0.4) is 0 Å². The number of nitrogens with zero attached hydrogens (tertiary/aromatic N) is 2. The molecule has 1 aliphatic rings. The molecule has 2 aromatic carbocycles. The van der Waals surface area contributed by atoms with Crippen LogP contribution >= 0.6 is 0 Å². The number of methoxy groups -OCH3 is 1. The third-order valence-electron chi connectivity index (χ3n) is 4.47. The molecule has 1 heterocycles. The lowest BCUT2D eigenvalue weighted by Crippen LogP contribution is -2.49. The highest BCUT2D eigenvalue weighted by atomic mass is 16.5. The van der Waals surface area contributed by atoms with Gasteiger partial charge in [0.2, 0.25) is 0 Å². The Morgan fingerprint density at radius 2 is 1.73 bits per heavy atom. The van der Waals surface area contributed by atoms with Crippen LogP contribution in [0.5, 0.6) is 5.75 Å². The summed E-state index contributed by atoms with van der Waals surface area (Å²) in [5.74, 6) is 0.778. The van der Waals surface area contributed by atoms with Crippen molar-refractivity contribution in [3.8, 4) is 5.75 Å². The molecule has 3 rings (SSSR count). The molecule has 1 N–H and O–H groups in total. The molecule has 0 aromatic heterocycles. The van der Waals surface area contributed by atoms with Crippen LogP contribution in [0.1, 0.15) is 5.56 Å². The zero-order valence-electron chi connectivity index (χ0n) is 15.1. The average Bonchev–Trinajstić information content (AvgIpc) is 2.70. The lowest BCUT2D eigenvalue weighted by atomic mass is 10.2. The summed E-state index contributed by atoms with van der Waals surface area (Å²) in [7, 11) is 1.63. The first-order chi connectivity index (χ1) is 12.7. The van der Waals surface area contributed by atoms with E-state index in [0.29, 0.717) is 0 Å². The largest absolute Gasteiger partial charge is 0.497 e. The van der Waals surface area contributed by atoms with Crippen LogP contribution in [0.25, 0.3) is 6.08 Å². The Morgan fingerprint density at radius 1 is 1.04 bits per heavy atom. The number of amides is 2. The second-order valence-electron chi connectivity index (χ2n) is 6.26. The molecule has 1 saturated heterocycles. The Morgan fingerprint density at radius 3 is 2.38 bits per heavy atom. The number of nitrogens with one attached hydrogen (secondary N) is 1. The molecule has 0 radical (unpaired) electrons. The Balaban J connectivity index is 1.42. The SMILES string of the molecule is COc1ccc(NC(=O)N2CCN(C/C=C/c3ccccc3)CC2)cc1. The van der Waals surface area contributed by atoms with E-state index in [4.69, 9.17) is 4.74 Å². The molecule has 136 valence electrons. The molecule has 2 aromatic rings. The highest BCUT2D eigenvalue weighted by Crippen LogP contribution is 2.16. The maximum Gasteiger partial charge on any atom is 0.321 e. The number of carbonyl (C=O) groups is 1. The molecule has 1 aliphatic heterocycles. The second-order valence-corrected chi connectivity index (χ2v) is 6.26. The van der Waals surface area contributed by atoms with Gasteiger partial charge in [-0.2, -0.15) is 0 Å². The van der Waals surface area contributed by atoms with Gasteiger partial charge < -0.3 is 15.0 Å². The number of piperazine rings is 1. The summed E-state index contributed by atoms with van der Waals surface area (Å²) >= 11 is 0. The highest BCUT2D eigenvalue weighted by molar-refractivity contribution is 5.89. The van der Waals surface area contributed by atoms with Crippen molar-refractivity contribution in [3.05, 3.63) is 66.2 Å². The fourth-order valence-corrected chi connectivity index (χ4v) is 2.91. The first kappa shape index (κ1) is 18.0. The standard InChI is InChI=1S/C21H25N3O2/c1-26-20-11-9-19(10-12-20)22-21(25)24-16-14-23(15-17-24)13-5-8-18-6-3-2-4-7-18/h2-12H,13-17H2,1H3,(H,22,25)/b8-5+. The summed E-state index contributed by atoms with van der Waals surface area (Å²) in [4.78, 5) is 16.6. The number of benzene rings is 2. The normalized spacial score (nSPS) is 15.2. The number of hydrogen-bond donors (Lipinski definition) is 1. The molecule has 0 aliphatic carbocycles. The average molecular weight is 351 g/mol. The quantitative estimate of drug-likeness (QED) is 0.896. The van der Waals surface area contributed by atoms with Gasteiger partial charge in [0.1, 0.15) is 5.75 Å². The van der Waals surface area contributed by atoms with Crippen molar-refractivity contribution in [2.24, 2.45) is 0 Å². The van der Waals surface area contributed by atoms with E-state index < -0.39 is 0 Å². The first-order valence-electron chi connectivity index (χ1n) is 8.88. The van der Waals surface area contributed by atoms with Crippen LogP contribution in [0, 0.1) is 0 Å². The van der Waals surface area contributed by atoms with Crippen LogP contribution in [0.2, 0.25) is 0 Å². The fourth-order valence-electron chi connectivity index (χ4n) is 2.91. The van der Waals surface area contributed by atoms with Crippen LogP contribution in [-0.4, -0.2) is 55.7 Å². The minimum absolute atomic E-state index is 0.0466. The van der Waals surface area contributed by atoms with Crippen molar-refractivity contribution in [1.29, 1.82) is 0 Å². The molecule has 5 nitrogen and oxygen atoms in total. The summed E-state index contributed by atoms with van der Waals surface area (Å²) in [6.45, 7) is 4.15. The zero-order chi connectivity index (χ0) is 18.2. The Hall–Kier alpha value is -2.79. The van der Waals surface area contributed by atoms with Gasteiger partial charge in [0.25, 0.3) is 0 Å². The minimum Gasteiger partial charge on any atom is -0.497 e. The maximum atomic E-state index is 12.4. The number of anilines is 1. The molecular formula is C21H25N3O2. The van der Waals surface area contributed by atoms with E-state index in [9.17, 15) is 4.79 Å². The number of hydrogen-bond acceptors (Lipinski definition) is 3. The van der Waals surface area contributed by atoms with E-state index in [2.05, 4.69) is 34.5 Å². The maximum absolute atomic E-state index is 12.4. The van der Waals surface area contributed by atoms with Crippen LogP contribution < -0.4 is 10.1 Å². The molecule has 0 unspecified atom stereocenters. The topological polar surface area (TPSA) is 44.8 Å². The Labute approximate surface area is 154 Å². The third-order valence-corrected chi connectivity index (χ3v) is 4.47. The molecule has 0 spiro atoms. The van der Waals surface area contributed by atoms with Gasteiger partial charge in [0.05, 0.1) is 7.11 Å². The predicted molar refractivity (Wildman–Crippen MR) is 106 cm³/mol. The molecule has 2 amide bonds. The monoisotopic (exact) mass is 351 g/mol. The molecule has 5 heteroatoms. The smallest absolute Gasteiger partial charge is 0.321 e. The summed E-state index contributed by atoms with van der Waals surface area (Å²) in [6, 6.07) is 17.6. The number of carbonyl (C=O) groups excluding carboxylic acids is 1. The van der Waals surface area contributed by atoms with Gasteiger partial charge in [-0.3, -0.25) is 4.90 Å². The van der Waals surface area contributed by atoms with Crippen molar-refractivity contribution >= 4 is 17.8 Å². The van der Waals surface area contributed by atoms with Crippen molar-refractivity contribution in [1.82, 2.24) is 9.80 Å². The van der Waals surface area contributed by atoms with E-state index in [0.717, 1.165) is 44.2 Å². The molecule has 26 heavy (non-hydrogen) atoms. The zero-order valence-corrected chi connectivity index (χ0v) is 15.1. The summed E-state index contributed by atoms with van der Waals surface area (Å²) in [5.41, 5.74) is 1.99. The van der Waals surface area contributed by atoms with Crippen molar-refractivity contribution in [2.75, 3.05) is 45.2 Å². The molecule has 0 bridgehead atoms. The first-order valence-corrected chi connectivity index (χ1v) is 8.88. The number of ether oxygens (including phenoxy) is 1. The highest BCUT2D eigenvalue weighted by Gasteiger charge is 2.20. The van der Waals surface area contributed by atoms with Gasteiger partial charge in [0.15, 0.2) is 0 Å². The Bertz CT molecular complexity index is 721. The van der Waals surface area contributed by atoms with Gasteiger partial charge in [-0.25, -0.2) is 4.79 Å². The van der Waals surface area contributed by atoms with E-state index in [1.54, 1.807) is 7.11 Å². The van der Waals surface area contributed by atoms with Gasteiger partial charge >= 0.3 is 6.03 Å². The van der Waals surface area contributed by atoms with Gasteiger partial charge in [-0.05, 0) is 29.8 Å². The predicted octanol–water partition coefficient (Wildman–Crippen LogP) is 3.56. The fraction of sp³-hybridized carbons (Fsp3) is 0.286. The molecule has 0 atom stereocenters. The van der Waals surface area contributed by atoms with Crippen LogP contribution in [-0.2, 0) is 0 Å². The number of urea groups is 1. The molecular weight excluding hydrogens is 326 g/mol. The molecule has 0 saturated carbocycles. The van der Waals surface area contributed by atoms with Crippen molar-refractivity contribution in [3.63, 3.8) is 0 Å². The number of rotatable bonds is 5. The lowest BCUT2D eigenvalue weighted by Gasteiger charge is -2.34. The van der Waals surface area contributed by atoms with Gasteiger partial charge in [-0.1, -0.05) is 42.5 Å². The summed E-state index contributed by atoms with van der Waals surface area (Å²) < 4.78 is 5.13. The summed E-state index contributed by atoms with van der Waals surface area (Å²) in [6.07, 6.45) is 4.32. The van der Waals surface area contributed by atoms with E-state index in [1.165, 1.54) is 5.56 Å². The van der Waals surface area contributed by atoms with Crippen molar-refractivity contribution in [2.45, 2.75) is 0 Å². The van der Waals surface area contributed by atoms with Gasteiger partial charge in [0, 0.05) is 38.4 Å². The van der Waals surface area contributed by atoms with Gasteiger partial charge in [-0.15, -0.1) is 0 Å². The van der Waals surface area contributed by atoms with E-state index >= 15 is 0 Å². The summed E-state index contributed by atoms with van der Waals surface area (Å²) in [5, 5.41) is 2.94. The van der Waals surface area contributed by atoms with Crippen LogP contribution in [0.4, 0.5) is 10.5 Å². The van der Waals surface area contributed by atoms with Crippen molar-refractivity contribution < 1.29 is 9.53 Å². The van der Waals surface area contributed by atoms with Crippen LogP contribution in [0.15, 0.2) is 60.7 Å². The molecule has 1 fully saturated rings.